The smallest absolute Gasteiger partial charge is 0.141 e. The summed E-state index contributed by atoms with van der Waals surface area (Å²) in [5.41, 5.74) is -0.384. The fourth-order valence-electron chi connectivity index (χ4n) is 2.51. The van der Waals surface area contributed by atoms with Gasteiger partial charge < -0.3 is 0 Å². The average molecular weight is 238 g/mol. The minimum Gasteiger partial charge on any atom is -0.299 e. The van der Waals surface area contributed by atoms with Crippen LogP contribution in [0.5, 0.6) is 0 Å². The zero-order chi connectivity index (χ0) is 13.5. The van der Waals surface area contributed by atoms with Crippen molar-refractivity contribution in [3.63, 3.8) is 0 Å². The molecule has 0 N–H and O–H groups in total. The fourth-order valence-corrected chi connectivity index (χ4v) is 2.51. The molecule has 0 aromatic carbocycles. The molecule has 1 atom stereocenters. The molecule has 0 bridgehead atoms. The van der Waals surface area contributed by atoms with Gasteiger partial charge in [0.2, 0.25) is 0 Å². The highest BCUT2D eigenvalue weighted by Crippen LogP contribution is 2.36. The van der Waals surface area contributed by atoms with E-state index in [2.05, 4.69) is 13.5 Å². The molecule has 0 unspecified atom stereocenters. The van der Waals surface area contributed by atoms with Crippen molar-refractivity contribution in [2.75, 3.05) is 0 Å². The molecular weight excluding hydrogens is 212 g/mol. The van der Waals surface area contributed by atoms with Crippen LogP contribution in [-0.4, -0.2) is 11.6 Å². The van der Waals surface area contributed by atoms with E-state index in [1.165, 1.54) is 26.7 Å². The summed E-state index contributed by atoms with van der Waals surface area (Å²) >= 11 is 0. The summed E-state index contributed by atoms with van der Waals surface area (Å²) in [5.74, 6) is -0.618. The van der Waals surface area contributed by atoms with Crippen molar-refractivity contribution in [2.24, 2.45) is 11.3 Å². The van der Waals surface area contributed by atoms with Crippen molar-refractivity contribution in [1.82, 2.24) is 0 Å². The molecule has 0 aliphatic carbocycles. The van der Waals surface area contributed by atoms with Gasteiger partial charge in [-0.3, -0.25) is 9.59 Å². The number of hydrogen-bond acceptors (Lipinski definition) is 2. The van der Waals surface area contributed by atoms with E-state index in [-0.39, 0.29) is 17.0 Å². The minimum atomic E-state index is -0.526. The molecular formula is C15H26O2. The van der Waals surface area contributed by atoms with Gasteiger partial charge in [-0.15, -0.1) is 6.58 Å². The van der Waals surface area contributed by atoms with Crippen LogP contribution in [0.25, 0.3) is 0 Å². The van der Waals surface area contributed by atoms with E-state index < -0.39 is 5.92 Å². The van der Waals surface area contributed by atoms with E-state index in [0.29, 0.717) is 0 Å². The van der Waals surface area contributed by atoms with Crippen LogP contribution in [-0.2, 0) is 9.59 Å². The second kappa shape index (κ2) is 7.41. The SMILES string of the molecule is C=C[C@@](C)(CCCCCC)C(C(C)=O)C(C)=O. The maximum atomic E-state index is 11.6. The highest BCUT2D eigenvalue weighted by Gasteiger charge is 2.37. The highest BCUT2D eigenvalue weighted by molar-refractivity contribution is 6.01. The predicted molar refractivity (Wildman–Crippen MR) is 71.9 cm³/mol. The van der Waals surface area contributed by atoms with Crippen molar-refractivity contribution < 1.29 is 9.59 Å². The van der Waals surface area contributed by atoms with Gasteiger partial charge in [-0.05, 0) is 20.3 Å². The first kappa shape index (κ1) is 16.1. The molecule has 0 aliphatic heterocycles. The molecule has 0 aromatic heterocycles. The molecule has 98 valence electrons. The lowest BCUT2D eigenvalue weighted by Gasteiger charge is -2.32. The number of carbonyl (C=O) groups is 2. The summed E-state index contributed by atoms with van der Waals surface area (Å²) in [6.45, 7) is 11.0. The molecule has 0 fully saturated rings. The maximum Gasteiger partial charge on any atom is 0.141 e. The molecule has 17 heavy (non-hydrogen) atoms. The lowest BCUT2D eigenvalue weighted by molar-refractivity contribution is -0.134. The Morgan fingerprint density at radius 2 is 1.71 bits per heavy atom. The molecule has 0 radical (unpaired) electrons. The average Bonchev–Trinajstić information content (AvgIpc) is 2.23. The molecule has 0 aromatic rings. The summed E-state index contributed by atoms with van der Waals surface area (Å²) in [6.07, 6.45) is 7.24. The quantitative estimate of drug-likeness (QED) is 0.346. The topological polar surface area (TPSA) is 34.1 Å². The molecule has 0 saturated carbocycles. The van der Waals surface area contributed by atoms with E-state index in [9.17, 15) is 9.59 Å². The van der Waals surface area contributed by atoms with Crippen molar-refractivity contribution in [2.45, 2.75) is 59.8 Å². The number of carbonyl (C=O) groups excluding carboxylic acids is 2. The highest BCUT2D eigenvalue weighted by atomic mass is 16.1. The van der Waals surface area contributed by atoms with E-state index >= 15 is 0 Å². The van der Waals surface area contributed by atoms with Crippen LogP contribution in [0.15, 0.2) is 12.7 Å². The Morgan fingerprint density at radius 1 is 1.18 bits per heavy atom. The van der Waals surface area contributed by atoms with Crippen molar-refractivity contribution in [1.29, 1.82) is 0 Å². The van der Waals surface area contributed by atoms with Gasteiger partial charge in [-0.1, -0.05) is 45.6 Å². The molecule has 0 rings (SSSR count). The zero-order valence-corrected chi connectivity index (χ0v) is 11.7. The molecule has 2 heteroatoms. The first-order chi connectivity index (χ1) is 7.89. The molecule has 2 nitrogen and oxygen atoms in total. The van der Waals surface area contributed by atoms with E-state index in [1.54, 1.807) is 6.08 Å². The van der Waals surface area contributed by atoms with Crippen LogP contribution in [0.2, 0.25) is 0 Å². The Labute approximate surface area is 105 Å². The van der Waals surface area contributed by atoms with E-state index in [0.717, 1.165) is 19.3 Å². The number of unbranched alkanes of at least 4 members (excludes halogenated alkanes) is 3. The third-order valence-electron chi connectivity index (χ3n) is 3.51. The Kier molecular flexibility index (Phi) is 7.01. The third-order valence-corrected chi connectivity index (χ3v) is 3.51. The lowest BCUT2D eigenvalue weighted by Crippen LogP contribution is -2.35. The van der Waals surface area contributed by atoms with Gasteiger partial charge in [-0.2, -0.15) is 0 Å². The Bertz CT molecular complexity index is 267. The largest absolute Gasteiger partial charge is 0.299 e. The van der Waals surface area contributed by atoms with Crippen LogP contribution in [0.4, 0.5) is 0 Å². The maximum absolute atomic E-state index is 11.6. The number of hydrogen-bond donors (Lipinski definition) is 0. The molecule has 0 aliphatic rings. The van der Waals surface area contributed by atoms with Crippen LogP contribution >= 0.6 is 0 Å². The van der Waals surface area contributed by atoms with E-state index in [1.807, 2.05) is 6.92 Å². The van der Waals surface area contributed by atoms with Crippen LogP contribution in [0, 0.1) is 11.3 Å². The predicted octanol–water partition coefficient (Wildman–Crippen LogP) is 3.94. The molecule has 0 heterocycles. The standard InChI is InChI=1S/C15H26O2/c1-6-8-9-10-11-15(5,7-2)14(12(3)16)13(4)17/h7,14H,2,6,8-11H2,1,3-5H3/t15-/m0/s1. The van der Waals surface area contributed by atoms with Crippen LogP contribution < -0.4 is 0 Å². The van der Waals surface area contributed by atoms with Gasteiger partial charge in [-0.25, -0.2) is 0 Å². The molecule has 0 amide bonds. The Balaban J connectivity index is 4.67. The molecule has 0 spiro atoms. The van der Waals surface area contributed by atoms with Crippen molar-refractivity contribution in [3.05, 3.63) is 12.7 Å². The van der Waals surface area contributed by atoms with E-state index in [4.69, 9.17) is 0 Å². The molecule has 0 saturated heterocycles. The van der Waals surface area contributed by atoms with Crippen LogP contribution in [0.1, 0.15) is 59.8 Å². The van der Waals surface area contributed by atoms with Gasteiger partial charge in [0, 0.05) is 5.41 Å². The van der Waals surface area contributed by atoms with Crippen molar-refractivity contribution in [3.8, 4) is 0 Å². The second-order valence-corrected chi connectivity index (χ2v) is 5.17. The number of Topliss-reactive ketones (excluding diaryl/α,β-unsaturated/α-hetero) is 2. The Hall–Kier alpha value is -0.920. The Morgan fingerprint density at radius 3 is 2.06 bits per heavy atom. The van der Waals surface area contributed by atoms with Gasteiger partial charge in [0.1, 0.15) is 11.6 Å². The summed E-state index contributed by atoms with van der Waals surface area (Å²) in [4.78, 5) is 23.2. The summed E-state index contributed by atoms with van der Waals surface area (Å²) < 4.78 is 0. The minimum absolute atomic E-state index is 0.0459. The fraction of sp³-hybridized carbons (Fsp3) is 0.733. The van der Waals surface area contributed by atoms with Gasteiger partial charge in [0.15, 0.2) is 0 Å². The number of allylic oxidation sites excluding steroid dienone is 1. The van der Waals surface area contributed by atoms with Gasteiger partial charge in [0.25, 0.3) is 0 Å². The van der Waals surface area contributed by atoms with Crippen molar-refractivity contribution >= 4 is 11.6 Å². The summed E-state index contributed by atoms with van der Waals surface area (Å²) in [7, 11) is 0. The lowest BCUT2D eigenvalue weighted by atomic mass is 9.70. The number of ketones is 2. The normalized spacial score (nSPS) is 14.4. The van der Waals surface area contributed by atoms with Crippen LogP contribution in [0.3, 0.4) is 0 Å². The monoisotopic (exact) mass is 238 g/mol. The zero-order valence-electron chi connectivity index (χ0n) is 11.7. The van der Waals surface area contributed by atoms with Gasteiger partial charge in [0.05, 0.1) is 5.92 Å². The van der Waals surface area contributed by atoms with Gasteiger partial charge >= 0.3 is 0 Å². The third kappa shape index (κ3) is 4.84. The first-order valence-electron chi connectivity index (χ1n) is 6.53. The second-order valence-electron chi connectivity index (χ2n) is 5.17. The summed E-state index contributed by atoms with van der Waals surface area (Å²) in [5, 5.41) is 0. The first-order valence-corrected chi connectivity index (χ1v) is 6.53. The summed E-state index contributed by atoms with van der Waals surface area (Å²) in [6, 6.07) is 0. The number of rotatable bonds is 9.